The van der Waals surface area contributed by atoms with E-state index >= 15 is 0 Å². The van der Waals surface area contributed by atoms with Crippen LogP contribution in [0.15, 0.2) is 0 Å². The van der Waals surface area contributed by atoms with Crippen LogP contribution < -0.4 is 10.6 Å². The molecule has 0 aromatic rings. The molecule has 0 saturated carbocycles. The van der Waals surface area contributed by atoms with Gasteiger partial charge in [0.2, 0.25) is 5.91 Å². The van der Waals surface area contributed by atoms with Crippen molar-refractivity contribution in [1.82, 2.24) is 10.6 Å². The zero-order valence-corrected chi connectivity index (χ0v) is 10.4. The zero-order valence-electron chi connectivity index (χ0n) is 10.4. The van der Waals surface area contributed by atoms with Crippen LogP contribution in [0.5, 0.6) is 0 Å². The second-order valence-corrected chi connectivity index (χ2v) is 4.11. The first-order chi connectivity index (χ1) is 7.93. The molecule has 0 aromatic heterocycles. The lowest BCUT2D eigenvalue weighted by molar-refractivity contribution is -0.123. The predicted octanol–water partition coefficient (Wildman–Crippen LogP) is 0.898. The van der Waals surface area contributed by atoms with Gasteiger partial charge in [-0.2, -0.15) is 0 Å². The fourth-order valence-electron chi connectivity index (χ4n) is 1.19. The summed E-state index contributed by atoms with van der Waals surface area (Å²) in [6.07, 6.45) is 2.98. The average Bonchev–Trinajstić information content (AvgIpc) is 2.31. The number of carbonyl (C=O) groups excluding carboxylic acids is 1. The first-order valence-corrected chi connectivity index (χ1v) is 5.92. The molecule has 17 heavy (non-hydrogen) atoms. The molecule has 6 heteroatoms. The van der Waals surface area contributed by atoms with Crippen molar-refractivity contribution in [2.45, 2.75) is 45.1 Å². The molecule has 0 saturated heterocycles. The summed E-state index contributed by atoms with van der Waals surface area (Å²) in [6, 6.07) is -0.686. The van der Waals surface area contributed by atoms with Gasteiger partial charge in [0, 0.05) is 6.54 Å². The Kier molecular flexibility index (Phi) is 7.99. The van der Waals surface area contributed by atoms with E-state index < -0.39 is 25.1 Å². The Morgan fingerprint density at radius 1 is 1.41 bits per heavy atom. The fraction of sp³-hybridized carbons (Fsp3) is 0.909. The molecule has 102 valence electrons. The van der Waals surface area contributed by atoms with Crippen LogP contribution in [0.2, 0.25) is 0 Å². The molecular formula is C11H22F2N2O2. The van der Waals surface area contributed by atoms with Gasteiger partial charge in [-0.1, -0.05) is 19.8 Å². The Morgan fingerprint density at radius 3 is 2.59 bits per heavy atom. The monoisotopic (exact) mass is 252 g/mol. The molecule has 0 radical (unpaired) electrons. The topological polar surface area (TPSA) is 61.4 Å². The quantitative estimate of drug-likeness (QED) is 0.534. The molecule has 3 N–H and O–H groups in total. The molecule has 1 atom stereocenters. The first-order valence-electron chi connectivity index (χ1n) is 5.92. The summed E-state index contributed by atoms with van der Waals surface area (Å²) < 4.78 is 25.4. The lowest BCUT2D eigenvalue weighted by atomic mass is 10.2. The van der Waals surface area contributed by atoms with Crippen LogP contribution >= 0.6 is 0 Å². The summed E-state index contributed by atoms with van der Waals surface area (Å²) in [6.45, 7) is 2.22. The van der Waals surface area contributed by atoms with Gasteiger partial charge in [0.15, 0.2) is 0 Å². The van der Waals surface area contributed by atoms with Crippen LogP contribution in [0.1, 0.15) is 33.1 Å². The molecule has 0 aliphatic heterocycles. The highest BCUT2D eigenvalue weighted by molar-refractivity contribution is 5.81. The number of aliphatic hydroxyl groups excluding tert-OH is 1. The van der Waals surface area contributed by atoms with Crippen molar-refractivity contribution in [3.63, 3.8) is 0 Å². The number of hydrogen-bond donors (Lipinski definition) is 3. The summed E-state index contributed by atoms with van der Waals surface area (Å²) in [7, 11) is 0. The zero-order chi connectivity index (χ0) is 13.3. The Morgan fingerprint density at radius 2 is 2.06 bits per heavy atom. The van der Waals surface area contributed by atoms with Crippen molar-refractivity contribution in [3.8, 4) is 0 Å². The second kappa shape index (κ2) is 8.36. The van der Waals surface area contributed by atoms with E-state index in [2.05, 4.69) is 17.6 Å². The summed E-state index contributed by atoms with van der Waals surface area (Å²) in [5.41, 5.74) is 0. The SMILES string of the molecule is CCCCCNC(=O)C(C)NCC(F)(F)CO. The second-order valence-electron chi connectivity index (χ2n) is 4.11. The van der Waals surface area contributed by atoms with Gasteiger partial charge in [0.05, 0.1) is 12.6 Å². The van der Waals surface area contributed by atoms with Gasteiger partial charge in [-0.3, -0.25) is 4.79 Å². The van der Waals surface area contributed by atoms with Crippen LogP contribution in [0.3, 0.4) is 0 Å². The molecular weight excluding hydrogens is 230 g/mol. The van der Waals surface area contributed by atoms with Crippen LogP contribution in [-0.2, 0) is 4.79 Å². The number of rotatable bonds is 9. The minimum atomic E-state index is -3.18. The third-order valence-electron chi connectivity index (χ3n) is 2.37. The average molecular weight is 252 g/mol. The van der Waals surface area contributed by atoms with E-state index in [1.165, 1.54) is 6.92 Å². The van der Waals surface area contributed by atoms with E-state index in [-0.39, 0.29) is 5.91 Å². The Hall–Kier alpha value is -0.750. The minimum Gasteiger partial charge on any atom is -0.390 e. The number of carbonyl (C=O) groups is 1. The molecule has 0 aliphatic carbocycles. The normalized spacial score (nSPS) is 13.5. The van der Waals surface area contributed by atoms with Gasteiger partial charge in [-0.15, -0.1) is 0 Å². The van der Waals surface area contributed by atoms with E-state index in [4.69, 9.17) is 5.11 Å². The van der Waals surface area contributed by atoms with Crippen LogP contribution in [-0.4, -0.2) is 42.7 Å². The van der Waals surface area contributed by atoms with Crippen LogP contribution in [0.4, 0.5) is 8.78 Å². The van der Waals surface area contributed by atoms with Crippen molar-refractivity contribution >= 4 is 5.91 Å². The van der Waals surface area contributed by atoms with Crippen LogP contribution in [0, 0.1) is 0 Å². The van der Waals surface area contributed by atoms with Crippen molar-refractivity contribution in [3.05, 3.63) is 0 Å². The molecule has 1 unspecified atom stereocenters. The summed E-state index contributed by atoms with van der Waals surface area (Å²) >= 11 is 0. The van der Waals surface area contributed by atoms with E-state index in [0.717, 1.165) is 19.3 Å². The lowest BCUT2D eigenvalue weighted by Crippen LogP contribution is -2.47. The largest absolute Gasteiger partial charge is 0.390 e. The smallest absolute Gasteiger partial charge is 0.282 e. The highest BCUT2D eigenvalue weighted by atomic mass is 19.3. The molecule has 1 amide bonds. The molecule has 0 aromatic carbocycles. The highest BCUT2D eigenvalue weighted by Crippen LogP contribution is 2.09. The number of nitrogens with one attached hydrogen (secondary N) is 2. The van der Waals surface area contributed by atoms with Crippen molar-refractivity contribution in [2.75, 3.05) is 19.7 Å². The Bertz CT molecular complexity index is 226. The molecule has 0 spiro atoms. The number of aliphatic hydroxyl groups is 1. The highest BCUT2D eigenvalue weighted by Gasteiger charge is 2.28. The Balaban J connectivity index is 3.74. The number of amides is 1. The molecule has 0 rings (SSSR count). The molecule has 0 heterocycles. The van der Waals surface area contributed by atoms with Crippen molar-refractivity contribution in [1.29, 1.82) is 0 Å². The minimum absolute atomic E-state index is 0.296. The molecule has 0 bridgehead atoms. The van der Waals surface area contributed by atoms with Gasteiger partial charge >= 0.3 is 0 Å². The molecule has 0 fully saturated rings. The van der Waals surface area contributed by atoms with E-state index in [9.17, 15) is 13.6 Å². The third-order valence-corrected chi connectivity index (χ3v) is 2.37. The maximum atomic E-state index is 12.7. The standard InChI is InChI=1S/C11H22F2N2O2/c1-3-4-5-6-14-10(17)9(2)15-7-11(12,13)8-16/h9,15-16H,3-8H2,1-2H3,(H,14,17). The first kappa shape index (κ1) is 16.2. The lowest BCUT2D eigenvalue weighted by Gasteiger charge is -2.18. The summed E-state index contributed by atoms with van der Waals surface area (Å²) in [4.78, 5) is 11.4. The Labute approximate surface area is 101 Å². The molecule has 4 nitrogen and oxygen atoms in total. The van der Waals surface area contributed by atoms with Gasteiger partial charge in [-0.05, 0) is 13.3 Å². The van der Waals surface area contributed by atoms with Gasteiger partial charge in [-0.25, -0.2) is 8.78 Å². The summed E-state index contributed by atoms with van der Waals surface area (Å²) in [5.74, 6) is -3.48. The van der Waals surface area contributed by atoms with Crippen LogP contribution in [0.25, 0.3) is 0 Å². The maximum Gasteiger partial charge on any atom is 0.282 e. The van der Waals surface area contributed by atoms with Crippen molar-refractivity contribution in [2.24, 2.45) is 0 Å². The van der Waals surface area contributed by atoms with Gasteiger partial charge < -0.3 is 15.7 Å². The maximum absolute atomic E-state index is 12.7. The number of unbranched alkanes of at least 4 members (excludes halogenated alkanes) is 2. The summed E-state index contributed by atoms with van der Waals surface area (Å²) in [5, 5.41) is 13.4. The van der Waals surface area contributed by atoms with E-state index in [1.807, 2.05) is 0 Å². The third kappa shape index (κ3) is 8.04. The van der Waals surface area contributed by atoms with Gasteiger partial charge in [0.25, 0.3) is 5.92 Å². The van der Waals surface area contributed by atoms with Gasteiger partial charge in [0.1, 0.15) is 6.61 Å². The van der Waals surface area contributed by atoms with Crippen molar-refractivity contribution < 1.29 is 18.7 Å². The number of hydrogen-bond acceptors (Lipinski definition) is 3. The van der Waals surface area contributed by atoms with E-state index in [1.54, 1.807) is 0 Å². The van der Waals surface area contributed by atoms with E-state index in [0.29, 0.717) is 6.54 Å². The number of alkyl halides is 2. The fourth-order valence-corrected chi connectivity index (χ4v) is 1.19. The number of halogens is 2. The molecule has 0 aliphatic rings. The predicted molar refractivity (Wildman–Crippen MR) is 62.0 cm³/mol.